The summed E-state index contributed by atoms with van der Waals surface area (Å²) in [6, 6.07) is 10.1. The maximum atomic E-state index is 12.4. The summed E-state index contributed by atoms with van der Waals surface area (Å²) in [4.78, 5) is 12.4. The lowest BCUT2D eigenvalue weighted by Crippen LogP contribution is -2.34. The van der Waals surface area contributed by atoms with Gasteiger partial charge < -0.3 is 5.32 Å². The molecule has 3 heteroatoms. The third-order valence-electron chi connectivity index (χ3n) is 4.48. The second-order valence-electron chi connectivity index (χ2n) is 5.72. The monoisotopic (exact) mass is 337 g/mol. The summed E-state index contributed by atoms with van der Waals surface area (Å²) in [6.07, 6.45) is 4.69. The summed E-state index contributed by atoms with van der Waals surface area (Å²) >= 11 is 3.59. The number of nitrogens with one attached hydrogen (secondary N) is 1. The summed E-state index contributed by atoms with van der Waals surface area (Å²) in [5.74, 6) is 1.54. The zero-order valence-corrected chi connectivity index (χ0v) is 13.7. The van der Waals surface area contributed by atoms with E-state index in [1.54, 1.807) is 0 Å². The molecule has 2 nitrogen and oxygen atoms in total. The van der Waals surface area contributed by atoms with Gasteiger partial charge >= 0.3 is 0 Å². The van der Waals surface area contributed by atoms with Crippen molar-refractivity contribution in [3.8, 4) is 0 Å². The minimum atomic E-state index is -0.0139. The van der Waals surface area contributed by atoms with Crippen molar-refractivity contribution in [2.45, 2.75) is 38.5 Å². The van der Waals surface area contributed by atoms with E-state index in [1.165, 1.54) is 19.3 Å². The molecule has 3 unspecified atom stereocenters. The fourth-order valence-corrected chi connectivity index (χ4v) is 4.05. The van der Waals surface area contributed by atoms with Crippen molar-refractivity contribution in [3.05, 3.63) is 35.9 Å². The maximum Gasteiger partial charge on any atom is 0.227 e. The molecule has 0 saturated heterocycles. The van der Waals surface area contributed by atoms with Gasteiger partial charge in [-0.3, -0.25) is 4.79 Å². The molecule has 0 heterocycles. The van der Waals surface area contributed by atoms with E-state index < -0.39 is 0 Å². The Morgan fingerprint density at radius 3 is 2.65 bits per heavy atom. The van der Waals surface area contributed by atoms with Gasteiger partial charge in [-0.2, -0.15) is 0 Å². The lowest BCUT2D eigenvalue weighted by atomic mass is 9.94. The van der Waals surface area contributed by atoms with E-state index in [4.69, 9.17) is 0 Å². The van der Waals surface area contributed by atoms with Crippen LogP contribution in [0.25, 0.3) is 0 Å². The molecule has 0 spiro atoms. The van der Waals surface area contributed by atoms with Crippen molar-refractivity contribution in [3.63, 3.8) is 0 Å². The van der Waals surface area contributed by atoms with E-state index >= 15 is 0 Å². The molecule has 1 aromatic rings. The topological polar surface area (TPSA) is 29.1 Å². The van der Waals surface area contributed by atoms with Gasteiger partial charge in [0.05, 0.1) is 5.92 Å². The summed E-state index contributed by atoms with van der Waals surface area (Å²) in [7, 11) is 0. The maximum absolute atomic E-state index is 12.4. The van der Waals surface area contributed by atoms with Crippen molar-refractivity contribution < 1.29 is 4.79 Å². The van der Waals surface area contributed by atoms with Crippen LogP contribution in [0, 0.1) is 11.8 Å². The molecule has 1 aliphatic carbocycles. The van der Waals surface area contributed by atoms with Crippen molar-refractivity contribution in [2.75, 3.05) is 11.9 Å². The van der Waals surface area contributed by atoms with Crippen LogP contribution >= 0.6 is 15.9 Å². The Morgan fingerprint density at radius 2 is 2.00 bits per heavy atom. The van der Waals surface area contributed by atoms with Crippen LogP contribution in [0.2, 0.25) is 0 Å². The Kier molecular flexibility index (Phi) is 6.08. The smallest absolute Gasteiger partial charge is 0.227 e. The van der Waals surface area contributed by atoms with Gasteiger partial charge in [-0.1, -0.05) is 59.6 Å². The van der Waals surface area contributed by atoms with Crippen LogP contribution in [0.3, 0.4) is 0 Å². The first-order valence-electron chi connectivity index (χ1n) is 7.64. The molecular weight excluding hydrogens is 314 g/mol. The van der Waals surface area contributed by atoms with E-state index in [0.29, 0.717) is 5.92 Å². The van der Waals surface area contributed by atoms with Crippen molar-refractivity contribution in [1.82, 2.24) is 5.32 Å². The van der Waals surface area contributed by atoms with Gasteiger partial charge in [0.25, 0.3) is 0 Å². The highest BCUT2D eigenvalue weighted by Crippen LogP contribution is 2.32. The highest BCUT2D eigenvalue weighted by Gasteiger charge is 2.27. The Morgan fingerprint density at radius 1 is 1.30 bits per heavy atom. The molecule has 1 amide bonds. The quantitative estimate of drug-likeness (QED) is 0.777. The number of rotatable bonds is 6. The fourth-order valence-electron chi connectivity index (χ4n) is 3.20. The second-order valence-corrected chi connectivity index (χ2v) is 6.37. The van der Waals surface area contributed by atoms with Crippen molar-refractivity contribution in [1.29, 1.82) is 0 Å². The van der Waals surface area contributed by atoms with Crippen LogP contribution in [0.1, 0.15) is 44.1 Å². The normalized spacial score (nSPS) is 23.5. The number of halogens is 1. The predicted molar refractivity (Wildman–Crippen MR) is 87.1 cm³/mol. The van der Waals surface area contributed by atoms with Crippen LogP contribution in [-0.4, -0.2) is 17.8 Å². The molecule has 3 atom stereocenters. The number of carbonyl (C=O) groups is 1. The fraction of sp³-hybridized carbons (Fsp3) is 0.588. The van der Waals surface area contributed by atoms with E-state index in [1.807, 2.05) is 30.3 Å². The molecule has 0 aromatic heterocycles. The van der Waals surface area contributed by atoms with Crippen LogP contribution in [0.4, 0.5) is 0 Å². The van der Waals surface area contributed by atoms with Gasteiger partial charge in [0.2, 0.25) is 5.91 Å². The minimum absolute atomic E-state index is 0.0139. The molecule has 2 rings (SSSR count). The molecule has 1 aromatic carbocycles. The Labute approximate surface area is 130 Å². The number of amides is 1. The zero-order chi connectivity index (χ0) is 14.4. The van der Waals surface area contributed by atoms with Gasteiger partial charge in [0, 0.05) is 11.9 Å². The third kappa shape index (κ3) is 3.85. The highest BCUT2D eigenvalue weighted by molar-refractivity contribution is 9.09. The summed E-state index contributed by atoms with van der Waals surface area (Å²) in [5.41, 5.74) is 1.12. The Balaban J connectivity index is 1.90. The average Bonchev–Trinajstić information content (AvgIpc) is 2.94. The number of hydrogen-bond donors (Lipinski definition) is 1. The van der Waals surface area contributed by atoms with Crippen molar-refractivity contribution in [2.24, 2.45) is 11.8 Å². The summed E-state index contributed by atoms with van der Waals surface area (Å²) < 4.78 is 0. The predicted octanol–water partition coefficient (Wildman–Crippen LogP) is 4.11. The number of hydrogen-bond acceptors (Lipinski definition) is 1. The first-order chi connectivity index (χ1) is 9.76. The standard InChI is InChI=1S/C17H24BrNO/c1-2-16(13-7-4-3-5-8-13)17(20)19-12-15-10-6-9-14(15)11-18/h3-5,7-8,14-16H,2,6,9-12H2,1H3,(H,19,20). The van der Waals surface area contributed by atoms with Gasteiger partial charge in [0.15, 0.2) is 0 Å². The Hall–Kier alpha value is -0.830. The number of benzene rings is 1. The van der Waals surface area contributed by atoms with E-state index in [9.17, 15) is 4.79 Å². The molecule has 0 aliphatic heterocycles. The van der Waals surface area contributed by atoms with Gasteiger partial charge in [-0.15, -0.1) is 0 Å². The van der Waals surface area contributed by atoms with E-state index in [-0.39, 0.29) is 11.8 Å². The SMILES string of the molecule is CCC(C(=O)NCC1CCCC1CBr)c1ccccc1. The van der Waals surface area contributed by atoms with Gasteiger partial charge in [-0.05, 0) is 36.7 Å². The van der Waals surface area contributed by atoms with Crippen LogP contribution in [0.5, 0.6) is 0 Å². The molecule has 0 bridgehead atoms. The van der Waals surface area contributed by atoms with E-state index in [0.717, 1.165) is 29.8 Å². The Bertz CT molecular complexity index is 420. The zero-order valence-electron chi connectivity index (χ0n) is 12.1. The largest absolute Gasteiger partial charge is 0.355 e. The molecule has 1 saturated carbocycles. The molecular formula is C17H24BrNO. The van der Waals surface area contributed by atoms with Crippen molar-refractivity contribution >= 4 is 21.8 Å². The average molecular weight is 338 g/mol. The first kappa shape index (κ1) is 15.6. The van der Waals surface area contributed by atoms with Gasteiger partial charge in [-0.25, -0.2) is 0 Å². The molecule has 1 aliphatic rings. The molecule has 0 radical (unpaired) electrons. The van der Waals surface area contributed by atoms with Crippen LogP contribution in [-0.2, 0) is 4.79 Å². The summed E-state index contributed by atoms with van der Waals surface area (Å²) in [6.45, 7) is 2.91. The molecule has 1 N–H and O–H groups in total. The molecule has 110 valence electrons. The van der Waals surface area contributed by atoms with Crippen LogP contribution in [0.15, 0.2) is 30.3 Å². The lowest BCUT2D eigenvalue weighted by molar-refractivity contribution is -0.122. The lowest BCUT2D eigenvalue weighted by Gasteiger charge is -2.20. The van der Waals surface area contributed by atoms with Gasteiger partial charge in [0.1, 0.15) is 0 Å². The summed E-state index contributed by atoms with van der Waals surface area (Å²) in [5, 5.41) is 4.24. The van der Waals surface area contributed by atoms with E-state index in [2.05, 4.69) is 28.2 Å². The number of carbonyl (C=O) groups excluding carboxylic acids is 1. The first-order valence-corrected chi connectivity index (χ1v) is 8.77. The molecule has 20 heavy (non-hydrogen) atoms. The highest BCUT2D eigenvalue weighted by atomic mass is 79.9. The molecule has 1 fully saturated rings. The van der Waals surface area contributed by atoms with Crippen LogP contribution < -0.4 is 5.32 Å². The second kappa shape index (κ2) is 7.82. The number of alkyl halides is 1. The third-order valence-corrected chi connectivity index (χ3v) is 5.31. The minimum Gasteiger partial charge on any atom is -0.355 e.